The lowest BCUT2D eigenvalue weighted by Gasteiger charge is -2.22. The molecule has 0 amide bonds. The van der Waals surface area contributed by atoms with E-state index in [1.165, 1.54) is 18.4 Å². The largest absolute Gasteiger partial charge is 0.319 e. The molecule has 5 heteroatoms. The van der Waals surface area contributed by atoms with Crippen LogP contribution in [0.15, 0.2) is 40.5 Å². The Balaban J connectivity index is 1.69. The first-order valence-electron chi connectivity index (χ1n) is 8.07. The second kappa shape index (κ2) is 6.26. The van der Waals surface area contributed by atoms with Gasteiger partial charge in [-0.25, -0.2) is 4.98 Å². The number of piperidine rings is 1. The molecule has 1 aromatic carbocycles. The third-order valence-corrected chi connectivity index (χ3v) is 5.31. The fourth-order valence-electron chi connectivity index (χ4n) is 3.27. The van der Waals surface area contributed by atoms with Crippen molar-refractivity contribution in [1.29, 1.82) is 0 Å². The summed E-state index contributed by atoms with van der Waals surface area (Å²) in [7, 11) is 0. The lowest BCUT2D eigenvalue weighted by molar-refractivity contribution is 0.376. The molecule has 1 aliphatic rings. The summed E-state index contributed by atoms with van der Waals surface area (Å²) in [5.41, 5.74) is 3.37. The highest BCUT2D eigenvalue weighted by Gasteiger charge is 2.14. The molecular weight excluding hydrogens is 306 g/mol. The molecule has 1 saturated heterocycles. The molecule has 4 rings (SSSR count). The molecule has 0 spiro atoms. The molecule has 118 valence electrons. The molecule has 0 bridgehead atoms. The molecular formula is C18H19N3OS. The van der Waals surface area contributed by atoms with Crippen LogP contribution in [0.3, 0.4) is 0 Å². The number of H-pyrrole nitrogens is 1. The summed E-state index contributed by atoms with van der Waals surface area (Å²) in [4.78, 5) is 20.7. The van der Waals surface area contributed by atoms with E-state index in [2.05, 4.69) is 27.4 Å². The first kappa shape index (κ1) is 14.6. The van der Waals surface area contributed by atoms with Crippen molar-refractivity contribution in [3.05, 3.63) is 51.6 Å². The number of aromatic amines is 1. The van der Waals surface area contributed by atoms with Crippen molar-refractivity contribution in [1.82, 2.24) is 15.3 Å². The number of hydrogen-bond acceptors (Lipinski definition) is 4. The first-order chi connectivity index (χ1) is 11.3. The van der Waals surface area contributed by atoms with Crippen LogP contribution in [0.5, 0.6) is 0 Å². The Morgan fingerprint density at radius 3 is 3.04 bits per heavy atom. The average molecular weight is 325 g/mol. The highest BCUT2D eigenvalue weighted by molar-refractivity contribution is 7.13. The van der Waals surface area contributed by atoms with Crippen molar-refractivity contribution in [2.45, 2.75) is 19.3 Å². The van der Waals surface area contributed by atoms with E-state index in [1.54, 1.807) is 11.3 Å². The van der Waals surface area contributed by atoms with E-state index in [1.807, 2.05) is 23.6 Å². The zero-order valence-corrected chi connectivity index (χ0v) is 13.7. The summed E-state index contributed by atoms with van der Waals surface area (Å²) in [6.07, 6.45) is 3.61. The quantitative estimate of drug-likeness (QED) is 0.777. The molecule has 4 nitrogen and oxygen atoms in total. The number of nitrogens with one attached hydrogen (secondary N) is 2. The van der Waals surface area contributed by atoms with E-state index in [0.29, 0.717) is 11.6 Å². The van der Waals surface area contributed by atoms with Gasteiger partial charge in [-0.2, -0.15) is 0 Å². The SMILES string of the molecule is O=c1[nH]c2ccc(CC3CCCNC3)cc2nc1-c1cccs1. The van der Waals surface area contributed by atoms with Crippen LogP contribution in [-0.2, 0) is 6.42 Å². The molecule has 1 unspecified atom stereocenters. The minimum absolute atomic E-state index is 0.121. The Kier molecular flexibility index (Phi) is 3.97. The second-order valence-electron chi connectivity index (χ2n) is 6.16. The lowest BCUT2D eigenvalue weighted by Crippen LogP contribution is -2.30. The van der Waals surface area contributed by atoms with E-state index >= 15 is 0 Å². The van der Waals surface area contributed by atoms with Crippen LogP contribution in [0.1, 0.15) is 18.4 Å². The fraction of sp³-hybridized carbons (Fsp3) is 0.333. The van der Waals surface area contributed by atoms with Crippen LogP contribution in [0.2, 0.25) is 0 Å². The maximum atomic E-state index is 12.2. The molecule has 2 aromatic heterocycles. The molecule has 1 fully saturated rings. The number of thiophene rings is 1. The first-order valence-corrected chi connectivity index (χ1v) is 8.95. The third kappa shape index (κ3) is 3.07. The number of rotatable bonds is 3. The molecule has 0 saturated carbocycles. The molecule has 1 aliphatic heterocycles. The molecule has 3 heterocycles. The van der Waals surface area contributed by atoms with Crippen molar-refractivity contribution in [2.75, 3.05) is 13.1 Å². The second-order valence-corrected chi connectivity index (χ2v) is 7.11. The van der Waals surface area contributed by atoms with Crippen LogP contribution in [0.25, 0.3) is 21.6 Å². The van der Waals surface area contributed by atoms with Gasteiger partial charge in [0, 0.05) is 0 Å². The summed E-state index contributed by atoms with van der Waals surface area (Å²) in [6, 6.07) is 10.1. The molecule has 0 radical (unpaired) electrons. The van der Waals surface area contributed by atoms with Gasteiger partial charge in [-0.3, -0.25) is 4.79 Å². The van der Waals surface area contributed by atoms with Crippen molar-refractivity contribution in [3.8, 4) is 10.6 Å². The smallest absolute Gasteiger partial charge is 0.275 e. The summed E-state index contributed by atoms with van der Waals surface area (Å²) >= 11 is 1.54. The van der Waals surface area contributed by atoms with Crippen molar-refractivity contribution in [3.63, 3.8) is 0 Å². The highest BCUT2D eigenvalue weighted by atomic mass is 32.1. The van der Waals surface area contributed by atoms with Gasteiger partial charge >= 0.3 is 0 Å². The fourth-order valence-corrected chi connectivity index (χ4v) is 3.98. The Hall–Kier alpha value is -1.98. The molecule has 23 heavy (non-hydrogen) atoms. The van der Waals surface area contributed by atoms with Gasteiger partial charge in [-0.1, -0.05) is 12.1 Å². The van der Waals surface area contributed by atoms with Crippen LogP contribution in [0.4, 0.5) is 0 Å². The monoisotopic (exact) mass is 325 g/mol. The van der Waals surface area contributed by atoms with Crippen LogP contribution < -0.4 is 10.9 Å². The predicted molar refractivity (Wildman–Crippen MR) is 95.0 cm³/mol. The summed E-state index contributed by atoms with van der Waals surface area (Å²) < 4.78 is 0. The maximum absolute atomic E-state index is 12.2. The minimum Gasteiger partial charge on any atom is -0.319 e. The number of aromatic nitrogens is 2. The summed E-state index contributed by atoms with van der Waals surface area (Å²) in [5, 5.41) is 5.43. The van der Waals surface area contributed by atoms with E-state index in [9.17, 15) is 4.79 Å². The molecule has 0 aliphatic carbocycles. The van der Waals surface area contributed by atoms with Gasteiger partial charge in [0.15, 0.2) is 0 Å². The third-order valence-electron chi connectivity index (χ3n) is 4.44. The van der Waals surface area contributed by atoms with E-state index < -0.39 is 0 Å². The van der Waals surface area contributed by atoms with Crippen LogP contribution in [0, 0.1) is 5.92 Å². The van der Waals surface area contributed by atoms with Gasteiger partial charge in [-0.05, 0) is 67.4 Å². The Labute approximate surface area is 138 Å². The Bertz CT molecular complexity index is 864. The summed E-state index contributed by atoms with van der Waals surface area (Å²) in [6.45, 7) is 2.23. The maximum Gasteiger partial charge on any atom is 0.275 e. The van der Waals surface area contributed by atoms with Gasteiger partial charge in [0.1, 0.15) is 5.69 Å². The van der Waals surface area contributed by atoms with Gasteiger partial charge < -0.3 is 10.3 Å². The van der Waals surface area contributed by atoms with E-state index in [0.717, 1.165) is 35.4 Å². The van der Waals surface area contributed by atoms with Gasteiger partial charge in [0.25, 0.3) is 5.56 Å². The van der Waals surface area contributed by atoms with E-state index in [-0.39, 0.29) is 5.56 Å². The van der Waals surface area contributed by atoms with Crippen LogP contribution >= 0.6 is 11.3 Å². The average Bonchev–Trinajstić information content (AvgIpc) is 3.10. The van der Waals surface area contributed by atoms with Crippen molar-refractivity contribution >= 4 is 22.4 Å². The Morgan fingerprint density at radius 2 is 2.26 bits per heavy atom. The van der Waals surface area contributed by atoms with Gasteiger partial charge in [0.2, 0.25) is 0 Å². The highest BCUT2D eigenvalue weighted by Crippen LogP contribution is 2.23. The number of benzene rings is 1. The summed E-state index contributed by atoms with van der Waals surface area (Å²) in [5.74, 6) is 0.695. The number of hydrogen-bond donors (Lipinski definition) is 2. The zero-order valence-electron chi connectivity index (χ0n) is 12.8. The van der Waals surface area contributed by atoms with Crippen molar-refractivity contribution in [2.24, 2.45) is 5.92 Å². The lowest BCUT2D eigenvalue weighted by atomic mass is 9.92. The standard InChI is InChI=1S/C18H19N3OS/c22-18-17(16-4-2-8-23-16)20-15-10-12(5-6-14(15)21-18)9-13-3-1-7-19-11-13/h2,4-6,8,10,13,19H,1,3,7,9,11H2,(H,21,22). The Morgan fingerprint density at radius 1 is 1.30 bits per heavy atom. The molecule has 3 aromatic rings. The molecule has 1 atom stereocenters. The minimum atomic E-state index is -0.121. The molecule has 2 N–H and O–H groups in total. The zero-order chi connectivity index (χ0) is 15.6. The number of fused-ring (bicyclic) bond motifs is 1. The topological polar surface area (TPSA) is 57.8 Å². The van der Waals surface area contributed by atoms with Gasteiger partial charge in [-0.15, -0.1) is 11.3 Å². The van der Waals surface area contributed by atoms with Crippen LogP contribution in [-0.4, -0.2) is 23.1 Å². The predicted octanol–water partition coefficient (Wildman–Crippen LogP) is 3.19. The van der Waals surface area contributed by atoms with Crippen molar-refractivity contribution < 1.29 is 0 Å². The van der Waals surface area contributed by atoms with E-state index in [4.69, 9.17) is 0 Å². The normalized spacial score (nSPS) is 18.3. The van der Waals surface area contributed by atoms with Gasteiger partial charge in [0.05, 0.1) is 15.9 Å². The number of nitrogens with zero attached hydrogens (tertiary/aromatic N) is 1.